The number of nitrogens with zero attached hydrogens (tertiary/aromatic N) is 1. The summed E-state index contributed by atoms with van der Waals surface area (Å²) in [5, 5.41) is 0. The van der Waals surface area contributed by atoms with E-state index in [4.69, 9.17) is 4.74 Å². The molecule has 3 rings (SSSR count). The molecule has 0 bridgehead atoms. The van der Waals surface area contributed by atoms with Crippen LogP contribution in [0.2, 0.25) is 0 Å². The van der Waals surface area contributed by atoms with Crippen LogP contribution < -0.4 is 4.90 Å². The molecule has 0 unspecified atom stereocenters. The second-order valence-electron chi connectivity index (χ2n) is 4.84. The Hall–Kier alpha value is -1.80. The molecule has 2 aromatic rings. The zero-order chi connectivity index (χ0) is 12.5. The van der Waals surface area contributed by atoms with Gasteiger partial charge in [-0.2, -0.15) is 0 Å². The minimum atomic E-state index is 0.741. The molecule has 0 amide bonds. The van der Waals surface area contributed by atoms with E-state index in [-0.39, 0.29) is 0 Å². The molecule has 0 radical (unpaired) electrons. The van der Waals surface area contributed by atoms with Crippen molar-refractivity contribution in [1.82, 2.24) is 0 Å². The van der Waals surface area contributed by atoms with Gasteiger partial charge >= 0.3 is 0 Å². The highest BCUT2D eigenvalue weighted by Gasteiger charge is 2.13. The predicted octanol–water partition coefficient (Wildman–Crippen LogP) is 3.79. The summed E-state index contributed by atoms with van der Waals surface area (Å²) in [5.74, 6) is 0. The molecule has 1 heterocycles. The molecule has 2 nitrogen and oxygen atoms in total. The average Bonchev–Trinajstić information content (AvgIpc) is 2.86. The third-order valence-electron chi connectivity index (χ3n) is 3.51. The summed E-state index contributed by atoms with van der Waals surface area (Å²) in [7, 11) is 2.10. The van der Waals surface area contributed by atoms with E-state index in [2.05, 4.69) is 61.3 Å². The van der Waals surface area contributed by atoms with E-state index in [9.17, 15) is 0 Å². The molecular formula is C16H17NO. The standard InChI is InChI=1S/C16H17NO/c1-12-3-6-15(7-4-12)17(2)16-8-5-13-10-18-11-14(13)9-16/h3-9H,10-11H2,1-2H3. The fourth-order valence-corrected chi connectivity index (χ4v) is 2.28. The van der Waals surface area contributed by atoms with E-state index in [1.807, 2.05) is 0 Å². The predicted molar refractivity (Wildman–Crippen MR) is 74.2 cm³/mol. The number of anilines is 2. The zero-order valence-corrected chi connectivity index (χ0v) is 10.8. The molecule has 0 aliphatic carbocycles. The molecule has 2 heteroatoms. The summed E-state index contributed by atoms with van der Waals surface area (Å²) in [4.78, 5) is 2.21. The van der Waals surface area contributed by atoms with E-state index in [0.29, 0.717) is 0 Å². The van der Waals surface area contributed by atoms with Crippen LogP contribution in [0.25, 0.3) is 0 Å². The molecule has 0 saturated heterocycles. The summed E-state index contributed by atoms with van der Waals surface area (Å²) in [6.45, 7) is 3.60. The van der Waals surface area contributed by atoms with Crippen LogP contribution in [0, 0.1) is 6.92 Å². The summed E-state index contributed by atoms with van der Waals surface area (Å²) in [6, 6.07) is 15.1. The maximum atomic E-state index is 5.45. The van der Waals surface area contributed by atoms with Crippen LogP contribution in [0.1, 0.15) is 16.7 Å². The third-order valence-corrected chi connectivity index (χ3v) is 3.51. The van der Waals surface area contributed by atoms with Gasteiger partial charge in [0.05, 0.1) is 13.2 Å². The summed E-state index contributed by atoms with van der Waals surface area (Å²) < 4.78 is 5.45. The Morgan fingerprint density at radius 2 is 1.56 bits per heavy atom. The van der Waals surface area contributed by atoms with Crippen LogP contribution in [-0.2, 0) is 18.0 Å². The van der Waals surface area contributed by atoms with Crippen molar-refractivity contribution >= 4 is 11.4 Å². The van der Waals surface area contributed by atoms with Gasteiger partial charge in [-0.05, 0) is 42.3 Å². The van der Waals surface area contributed by atoms with Crippen molar-refractivity contribution in [2.45, 2.75) is 20.1 Å². The molecule has 0 aromatic heterocycles. The molecule has 92 valence electrons. The van der Waals surface area contributed by atoms with Crippen molar-refractivity contribution in [3.8, 4) is 0 Å². The molecule has 1 aliphatic heterocycles. The number of rotatable bonds is 2. The van der Waals surface area contributed by atoms with Gasteiger partial charge in [-0.15, -0.1) is 0 Å². The lowest BCUT2D eigenvalue weighted by Crippen LogP contribution is -2.09. The molecule has 2 aromatic carbocycles. The van der Waals surface area contributed by atoms with Crippen LogP contribution in [0.15, 0.2) is 42.5 Å². The number of ether oxygens (including phenoxy) is 1. The molecule has 18 heavy (non-hydrogen) atoms. The van der Waals surface area contributed by atoms with Gasteiger partial charge in [0, 0.05) is 18.4 Å². The van der Waals surface area contributed by atoms with Crippen LogP contribution in [-0.4, -0.2) is 7.05 Å². The van der Waals surface area contributed by atoms with Crippen molar-refractivity contribution < 1.29 is 4.74 Å². The van der Waals surface area contributed by atoms with E-state index < -0.39 is 0 Å². The SMILES string of the molecule is Cc1ccc(N(C)c2ccc3c(c2)COC3)cc1. The first-order chi connectivity index (χ1) is 8.74. The monoisotopic (exact) mass is 239 g/mol. The maximum Gasteiger partial charge on any atom is 0.0725 e. The number of aryl methyl sites for hydroxylation is 1. The molecular weight excluding hydrogens is 222 g/mol. The molecule has 0 saturated carbocycles. The highest BCUT2D eigenvalue weighted by molar-refractivity contribution is 5.64. The van der Waals surface area contributed by atoms with Crippen molar-refractivity contribution in [3.63, 3.8) is 0 Å². The van der Waals surface area contributed by atoms with Gasteiger partial charge in [0.25, 0.3) is 0 Å². The summed E-state index contributed by atoms with van der Waals surface area (Å²) in [5.41, 5.74) is 6.33. The van der Waals surface area contributed by atoms with Crippen LogP contribution in [0.4, 0.5) is 11.4 Å². The first-order valence-electron chi connectivity index (χ1n) is 6.24. The normalized spacial score (nSPS) is 13.4. The average molecular weight is 239 g/mol. The molecule has 0 atom stereocenters. The number of fused-ring (bicyclic) bond motifs is 1. The Morgan fingerprint density at radius 1 is 0.889 bits per heavy atom. The minimum Gasteiger partial charge on any atom is -0.372 e. The minimum absolute atomic E-state index is 0.741. The van der Waals surface area contributed by atoms with E-state index >= 15 is 0 Å². The third kappa shape index (κ3) is 2.00. The highest BCUT2D eigenvalue weighted by Crippen LogP contribution is 2.28. The lowest BCUT2D eigenvalue weighted by Gasteiger charge is -2.20. The first-order valence-corrected chi connectivity index (χ1v) is 6.24. The zero-order valence-electron chi connectivity index (χ0n) is 10.8. The van der Waals surface area contributed by atoms with Crippen molar-refractivity contribution in [3.05, 3.63) is 59.2 Å². The number of benzene rings is 2. The van der Waals surface area contributed by atoms with Crippen molar-refractivity contribution in [1.29, 1.82) is 0 Å². The Labute approximate surface area is 108 Å². The Bertz CT molecular complexity index is 560. The topological polar surface area (TPSA) is 12.5 Å². The maximum absolute atomic E-state index is 5.45. The Balaban J connectivity index is 1.92. The first kappa shape index (κ1) is 11.3. The van der Waals surface area contributed by atoms with Gasteiger partial charge in [-0.1, -0.05) is 23.8 Å². The van der Waals surface area contributed by atoms with E-state index in [0.717, 1.165) is 13.2 Å². The molecule has 0 N–H and O–H groups in total. The van der Waals surface area contributed by atoms with Gasteiger partial charge in [0.2, 0.25) is 0 Å². The second-order valence-corrected chi connectivity index (χ2v) is 4.84. The lowest BCUT2D eigenvalue weighted by atomic mass is 10.1. The van der Waals surface area contributed by atoms with E-state index in [1.165, 1.54) is 28.1 Å². The smallest absolute Gasteiger partial charge is 0.0725 e. The fraction of sp³-hybridized carbons (Fsp3) is 0.250. The van der Waals surface area contributed by atoms with Crippen molar-refractivity contribution in [2.75, 3.05) is 11.9 Å². The van der Waals surface area contributed by atoms with Crippen LogP contribution in [0.5, 0.6) is 0 Å². The highest BCUT2D eigenvalue weighted by atomic mass is 16.5. The molecule has 1 aliphatic rings. The van der Waals surface area contributed by atoms with Crippen LogP contribution in [0.3, 0.4) is 0 Å². The summed E-state index contributed by atoms with van der Waals surface area (Å²) in [6.07, 6.45) is 0. The fourth-order valence-electron chi connectivity index (χ4n) is 2.28. The van der Waals surface area contributed by atoms with Gasteiger partial charge in [-0.25, -0.2) is 0 Å². The van der Waals surface area contributed by atoms with E-state index in [1.54, 1.807) is 0 Å². The number of hydrogen-bond donors (Lipinski definition) is 0. The lowest BCUT2D eigenvalue weighted by molar-refractivity contribution is 0.134. The Kier molecular flexibility index (Phi) is 2.80. The van der Waals surface area contributed by atoms with Gasteiger partial charge in [-0.3, -0.25) is 0 Å². The van der Waals surface area contributed by atoms with Gasteiger partial charge in [0.1, 0.15) is 0 Å². The quantitative estimate of drug-likeness (QED) is 0.790. The van der Waals surface area contributed by atoms with Gasteiger partial charge in [0.15, 0.2) is 0 Å². The van der Waals surface area contributed by atoms with Crippen molar-refractivity contribution in [2.24, 2.45) is 0 Å². The number of hydrogen-bond acceptors (Lipinski definition) is 2. The Morgan fingerprint density at radius 3 is 2.33 bits per heavy atom. The van der Waals surface area contributed by atoms with Gasteiger partial charge < -0.3 is 9.64 Å². The second kappa shape index (κ2) is 4.46. The molecule has 0 spiro atoms. The summed E-state index contributed by atoms with van der Waals surface area (Å²) >= 11 is 0. The largest absolute Gasteiger partial charge is 0.372 e. The van der Waals surface area contributed by atoms with Crippen LogP contribution >= 0.6 is 0 Å². The molecule has 0 fully saturated rings.